The summed E-state index contributed by atoms with van der Waals surface area (Å²) >= 11 is 0. The smallest absolute Gasteiger partial charge is 0.141 e. The van der Waals surface area contributed by atoms with Gasteiger partial charge in [-0.3, -0.25) is 0 Å². The summed E-state index contributed by atoms with van der Waals surface area (Å²) < 4.78 is 0. The van der Waals surface area contributed by atoms with Crippen molar-refractivity contribution in [1.82, 2.24) is 0 Å². The van der Waals surface area contributed by atoms with Crippen LogP contribution in [0, 0.1) is 0 Å². The topological polar surface area (TPSA) is 40.5 Å². The molecule has 0 saturated heterocycles. The lowest BCUT2D eigenvalue weighted by molar-refractivity contribution is 0.0736. The molecule has 0 radical (unpaired) electrons. The third-order valence-electron chi connectivity index (χ3n) is 11.2. The first-order valence-electron chi connectivity index (χ1n) is 17.0. The van der Waals surface area contributed by atoms with E-state index >= 15 is 0 Å². The molecule has 2 heteroatoms. The largest absolute Gasteiger partial charge is 0.376 e. The van der Waals surface area contributed by atoms with Gasteiger partial charge in [-0.05, 0) is 129 Å². The van der Waals surface area contributed by atoms with E-state index in [1.165, 1.54) is 45.9 Å². The number of hydrogen-bond acceptors (Lipinski definition) is 2. The van der Waals surface area contributed by atoms with Gasteiger partial charge in [-0.25, -0.2) is 0 Å². The van der Waals surface area contributed by atoms with E-state index in [2.05, 4.69) is 97.1 Å². The van der Waals surface area contributed by atoms with Crippen molar-refractivity contribution in [2.24, 2.45) is 0 Å². The fourth-order valence-electron chi connectivity index (χ4n) is 9.03. The van der Waals surface area contributed by atoms with Crippen LogP contribution in [0.4, 0.5) is 0 Å². The zero-order valence-corrected chi connectivity index (χ0v) is 26.1. The molecular formula is C44H38O2. The maximum absolute atomic E-state index is 13.6. The summed E-state index contributed by atoms with van der Waals surface area (Å²) in [6.07, 6.45) is 8.55. The van der Waals surface area contributed by atoms with Crippen LogP contribution in [0.15, 0.2) is 121 Å². The molecule has 0 aliphatic heterocycles. The van der Waals surface area contributed by atoms with Gasteiger partial charge < -0.3 is 10.2 Å². The molecule has 0 fully saturated rings. The number of aliphatic hydroxyl groups is 2. The van der Waals surface area contributed by atoms with Gasteiger partial charge in [0.25, 0.3) is 0 Å². The second-order valence-electron chi connectivity index (χ2n) is 13.6. The summed E-state index contributed by atoms with van der Waals surface area (Å²) in [6, 6.07) is 42.4. The molecule has 226 valence electrons. The van der Waals surface area contributed by atoms with E-state index < -0.39 is 11.2 Å². The average molecular weight is 599 g/mol. The molecule has 0 bridgehead atoms. The Morgan fingerprint density at radius 2 is 0.913 bits per heavy atom. The molecule has 3 aliphatic carbocycles. The van der Waals surface area contributed by atoms with Crippen LogP contribution >= 0.6 is 0 Å². The minimum absolute atomic E-state index is 0.769. The molecule has 9 rings (SSSR count). The van der Waals surface area contributed by atoms with E-state index in [0.717, 1.165) is 83.0 Å². The lowest BCUT2D eigenvalue weighted by Gasteiger charge is -2.47. The molecular weight excluding hydrogens is 560 g/mol. The van der Waals surface area contributed by atoms with Crippen molar-refractivity contribution in [3.8, 4) is 11.1 Å². The molecule has 0 spiro atoms. The third kappa shape index (κ3) is 3.90. The summed E-state index contributed by atoms with van der Waals surface area (Å²) in [5.41, 5.74) is 9.49. The first-order chi connectivity index (χ1) is 22.6. The first-order valence-corrected chi connectivity index (χ1v) is 17.0. The zero-order valence-electron chi connectivity index (χ0n) is 26.1. The SMILES string of the molecule is OC1(c2cccc3c2CCCC3)c2ccccc2C(O)(c2cccc3c2CCCC3)c2cc(-c3cccc4ccccc34)ccc21. The zero-order chi connectivity index (χ0) is 30.9. The fourth-order valence-corrected chi connectivity index (χ4v) is 9.03. The van der Waals surface area contributed by atoms with Gasteiger partial charge in [0, 0.05) is 5.56 Å². The molecule has 0 amide bonds. The number of rotatable bonds is 3. The van der Waals surface area contributed by atoms with Gasteiger partial charge in [-0.2, -0.15) is 0 Å². The molecule has 6 aromatic carbocycles. The van der Waals surface area contributed by atoms with Crippen LogP contribution in [0.5, 0.6) is 0 Å². The van der Waals surface area contributed by atoms with Gasteiger partial charge in [-0.15, -0.1) is 0 Å². The molecule has 0 heterocycles. The standard InChI is InChI=1S/C44H38O2/c45-43(37-24-10-16-30-13-2-5-19-35(30)37)39-22-7-8-23-40(39)44(46,38-25-11-17-31-14-3-6-20-36(31)38)42-28-32(26-27-41(42)43)34-21-9-15-29-12-1-4-18-33(29)34/h1,4,7-12,15-18,21-28,45-46H,2-3,5-6,13-14,19-20H2. The Bertz CT molecular complexity index is 2150. The Morgan fingerprint density at radius 3 is 1.59 bits per heavy atom. The second kappa shape index (κ2) is 10.5. The minimum atomic E-state index is -1.43. The highest BCUT2D eigenvalue weighted by molar-refractivity contribution is 5.97. The van der Waals surface area contributed by atoms with Crippen LogP contribution in [0.2, 0.25) is 0 Å². The predicted octanol–water partition coefficient (Wildman–Crippen LogP) is 9.15. The fraction of sp³-hybridized carbons (Fsp3) is 0.227. The molecule has 2 atom stereocenters. The number of fused-ring (bicyclic) bond motifs is 5. The Morgan fingerprint density at radius 1 is 0.413 bits per heavy atom. The van der Waals surface area contributed by atoms with Gasteiger partial charge >= 0.3 is 0 Å². The highest BCUT2D eigenvalue weighted by Gasteiger charge is 2.52. The van der Waals surface area contributed by atoms with Gasteiger partial charge in [0.15, 0.2) is 0 Å². The van der Waals surface area contributed by atoms with Gasteiger partial charge in [0.1, 0.15) is 11.2 Å². The normalized spacial score (nSPS) is 21.6. The lowest BCUT2D eigenvalue weighted by atomic mass is 9.61. The maximum Gasteiger partial charge on any atom is 0.141 e. The van der Waals surface area contributed by atoms with E-state index in [9.17, 15) is 10.2 Å². The highest BCUT2D eigenvalue weighted by Crippen LogP contribution is 2.55. The first kappa shape index (κ1) is 27.8. The van der Waals surface area contributed by atoms with Gasteiger partial charge in [0.2, 0.25) is 0 Å². The lowest BCUT2D eigenvalue weighted by Crippen LogP contribution is -2.45. The molecule has 2 N–H and O–H groups in total. The Labute approximate surface area is 271 Å². The van der Waals surface area contributed by atoms with Crippen molar-refractivity contribution >= 4 is 10.8 Å². The molecule has 3 aliphatic rings. The summed E-state index contributed by atoms with van der Waals surface area (Å²) in [5.74, 6) is 0. The van der Waals surface area contributed by atoms with Crippen molar-refractivity contribution < 1.29 is 10.2 Å². The molecule has 46 heavy (non-hydrogen) atoms. The minimum Gasteiger partial charge on any atom is -0.376 e. The second-order valence-corrected chi connectivity index (χ2v) is 13.6. The molecule has 2 nitrogen and oxygen atoms in total. The number of aryl methyl sites for hydroxylation is 2. The Balaban J connectivity index is 1.39. The van der Waals surface area contributed by atoms with E-state index in [4.69, 9.17) is 0 Å². The van der Waals surface area contributed by atoms with Crippen LogP contribution in [-0.4, -0.2) is 10.2 Å². The highest BCUT2D eigenvalue weighted by atomic mass is 16.3. The quantitative estimate of drug-likeness (QED) is 0.213. The summed E-state index contributed by atoms with van der Waals surface area (Å²) in [5, 5.41) is 29.4. The van der Waals surface area contributed by atoms with Crippen LogP contribution in [0.1, 0.15) is 81.3 Å². The summed E-state index contributed by atoms with van der Waals surface area (Å²) in [6.45, 7) is 0. The van der Waals surface area contributed by atoms with Gasteiger partial charge in [-0.1, -0.05) is 115 Å². The Hall–Kier alpha value is -4.50. The van der Waals surface area contributed by atoms with E-state index in [-0.39, 0.29) is 0 Å². The Kier molecular flexibility index (Phi) is 6.35. The maximum atomic E-state index is 13.6. The molecule has 0 aromatic heterocycles. The summed E-state index contributed by atoms with van der Waals surface area (Å²) in [4.78, 5) is 0. The third-order valence-corrected chi connectivity index (χ3v) is 11.2. The average Bonchev–Trinajstić information content (AvgIpc) is 3.13. The molecule has 2 unspecified atom stereocenters. The van der Waals surface area contributed by atoms with E-state index in [0.29, 0.717) is 0 Å². The number of hydrogen-bond donors (Lipinski definition) is 2. The van der Waals surface area contributed by atoms with Crippen LogP contribution in [-0.2, 0) is 36.9 Å². The van der Waals surface area contributed by atoms with Crippen LogP contribution in [0.3, 0.4) is 0 Å². The predicted molar refractivity (Wildman–Crippen MR) is 186 cm³/mol. The monoisotopic (exact) mass is 598 g/mol. The molecule has 0 saturated carbocycles. The van der Waals surface area contributed by atoms with Crippen LogP contribution in [0.25, 0.3) is 21.9 Å². The van der Waals surface area contributed by atoms with Crippen molar-refractivity contribution in [1.29, 1.82) is 0 Å². The van der Waals surface area contributed by atoms with Crippen LogP contribution < -0.4 is 0 Å². The summed E-state index contributed by atoms with van der Waals surface area (Å²) in [7, 11) is 0. The number of benzene rings is 6. The van der Waals surface area contributed by atoms with E-state index in [1.807, 2.05) is 24.3 Å². The van der Waals surface area contributed by atoms with Crippen molar-refractivity contribution in [2.45, 2.75) is 62.6 Å². The van der Waals surface area contributed by atoms with E-state index in [1.54, 1.807) is 0 Å². The van der Waals surface area contributed by atoms with Crippen molar-refractivity contribution in [2.75, 3.05) is 0 Å². The van der Waals surface area contributed by atoms with Crippen molar-refractivity contribution in [3.05, 3.63) is 177 Å². The van der Waals surface area contributed by atoms with Crippen molar-refractivity contribution in [3.63, 3.8) is 0 Å². The van der Waals surface area contributed by atoms with Gasteiger partial charge in [0.05, 0.1) is 0 Å². The molecule has 6 aromatic rings.